The van der Waals surface area contributed by atoms with Crippen LogP contribution in [0, 0.1) is 13.8 Å². The van der Waals surface area contributed by atoms with Crippen LogP contribution in [0.3, 0.4) is 0 Å². The van der Waals surface area contributed by atoms with E-state index in [2.05, 4.69) is 11.9 Å². The van der Waals surface area contributed by atoms with Crippen LogP contribution in [0.5, 0.6) is 5.75 Å². The summed E-state index contributed by atoms with van der Waals surface area (Å²) in [6, 6.07) is 3.67. The number of carbonyl (C=O) groups is 1. The Bertz CT molecular complexity index is 565. The van der Waals surface area contributed by atoms with Gasteiger partial charge in [-0.25, -0.2) is 4.98 Å². The van der Waals surface area contributed by atoms with Gasteiger partial charge in [0, 0.05) is 24.5 Å². The number of aromatic nitrogens is 2. The third-order valence-electron chi connectivity index (χ3n) is 3.11. The molecule has 1 aromatic carbocycles. The van der Waals surface area contributed by atoms with Crippen molar-refractivity contribution in [1.82, 2.24) is 9.55 Å². The van der Waals surface area contributed by atoms with Crippen LogP contribution in [0.1, 0.15) is 34.2 Å². The third kappa shape index (κ3) is 2.84. The lowest BCUT2D eigenvalue weighted by molar-refractivity contribution is 0.112. The summed E-state index contributed by atoms with van der Waals surface area (Å²) in [6.45, 7) is 7.27. The molecule has 0 aliphatic heterocycles. The molecule has 0 atom stereocenters. The highest BCUT2D eigenvalue weighted by atomic mass is 16.5. The van der Waals surface area contributed by atoms with E-state index in [9.17, 15) is 4.79 Å². The Morgan fingerprint density at radius 2 is 2.00 bits per heavy atom. The molecule has 0 N–H and O–H groups in total. The van der Waals surface area contributed by atoms with Gasteiger partial charge in [-0.05, 0) is 44.0 Å². The van der Waals surface area contributed by atoms with Gasteiger partial charge in [-0.2, -0.15) is 0 Å². The molecule has 2 rings (SSSR count). The van der Waals surface area contributed by atoms with Gasteiger partial charge in [0.05, 0.1) is 0 Å². The zero-order valence-electron chi connectivity index (χ0n) is 11.5. The van der Waals surface area contributed by atoms with Gasteiger partial charge in [-0.3, -0.25) is 4.79 Å². The van der Waals surface area contributed by atoms with Crippen LogP contribution in [0.2, 0.25) is 0 Å². The van der Waals surface area contributed by atoms with Crippen LogP contribution < -0.4 is 4.74 Å². The Labute approximate surface area is 113 Å². The lowest BCUT2D eigenvalue weighted by Crippen LogP contribution is -2.07. The van der Waals surface area contributed by atoms with Crippen LogP contribution in [0.25, 0.3) is 0 Å². The Hall–Kier alpha value is -2.10. The standard InChI is InChI=1S/C15H18N2O2/c1-4-17-6-5-16-14(17)10-19-15-11(2)7-13(9-18)8-12(15)3/h5-9H,4,10H2,1-3H3. The molecule has 0 fully saturated rings. The maximum Gasteiger partial charge on any atom is 0.150 e. The molecule has 2 aromatic rings. The highest BCUT2D eigenvalue weighted by Gasteiger charge is 2.08. The molecule has 0 saturated heterocycles. The maximum atomic E-state index is 10.8. The molecule has 1 aromatic heterocycles. The summed E-state index contributed by atoms with van der Waals surface area (Å²) in [4.78, 5) is 15.1. The predicted molar refractivity (Wildman–Crippen MR) is 73.5 cm³/mol. The lowest BCUT2D eigenvalue weighted by Gasteiger charge is -2.13. The van der Waals surface area contributed by atoms with Gasteiger partial charge in [0.1, 0.15) is 24.5 Å². The summed E-state index contributed by atoms with van der Waals surface area (Å²) in [5.41, 5.74) is 2.62. The van der Waals surface area contributed by atoms with Crippen LogP contribution in [0.4, 0.5) is 0 Å². The van der Waals surface area contributed by atoms with E-state index in [0.29, 0.717) is 12.2 Å². The normalized spacial score (nSPS) is 10.5. The molecule has 0 spiro atoms. The van der Waals surface area contributed by atoms with E-state index in [1.807, 2.05) is 36.7 Å². The summed E-state index contributed by atoms with van der Waals surface area (Å²) in [7, 11) is 0. The SMILES string of the molecule is CCn1ccnc1COc1c(C)cc(C=O)cc1C. The van der Waals surface area contributed by atoms with Gasteiger partial charge >= 0.3 is 0 Å². The summed E-state index contributed by atoms with van der Waals surface area (Å²) in [5.74, 6) is 1.73. The average molecular weight is 258 g/mol. The van der Waals surface area contributed by atoms with Crippen molar-refractivity contribution >= 4 is 6.29 Å². The first-order valence-electron chi connectivity index (χ1n) is 6.35. The molecule has 19 heavy (non-hydrogen) atoms. The Balaban J connectivity index is 2.18. The van der Waals surface area contributed by atoms with Gasteiger partial charge in [-0.15, -0.1) is 0 Å². The van der Waals surface area contributed by atoms with Crippen LogP contribution >= 0.6 is 0 Å². The first-order valence-corrected chi connectivity index (χ1v) is 6.35. The second-order valence-electron chi connectivity index (χ2n) is 4.52. The lowest BCUT2D eigenvalue weighted by atomic mass is 10.1. The smallest absolute Gasteiger partial charge is 0.150 e. The molecule has 0 amide bonds. The third-order valence-corrected chi connectivity index (χ3v) is 3.11. The van der Waals surface area contributed by atoms with Gasteiger partial charge in [0.15, 0.2) is 0 Å². The van der Waals surface area contributed by atoms with E-state index >= 15 is 0 Å². The largest absolute Gasteiger partial charge is 0.485 e. The van der Waals surface area contributed by atoms with Crippen molar-refractivity contribution in [3.63, 3.8) is 0 Å². The van der Waals surface area contributed by atoms with Crippen LogP contribution in [-0.2, 0) is 13.2 Å². The molecular formula is C15H18N2O2. The van der Waals surface area contributed by atoms with E-state index in [0.717, 1.165) is 35.5 Å². The fourth-order valence-electron chi connectivity index (χ4n) is 2.18. The zero-order chi connectivity index (χ0) is 13.8. The molecule has 100 valence electrons. The van der Waals surface area contributed by atoms with Gasteiger partial charge in [0.2, 0.25) is 0 Å². The molecule has 0 aliphatic rings. The molecule has 1 heterocycles. The summed E-state index contributed by atoms with van der Waals surface area (Å²) >= 11 is 0. The monoisotopic (exact) mass is 258 g/mol. The van der Waals surface area contributed by atoms with Gasteiger partial charge in [-0.1, -0.05) is 0 Å². The van der Waals surface area contributed by atoms with Crippen molar-refractivity contribution in [3.8, 4) is 5.75 Å². The van der Waals surface area contributed by atoms with E-state index in [1.54, 1.807) is 6.20 Å². The molecule has 0 bridgehead atoms. The van der Waals surface area contributed by atoms with Crippen molar-refractivity contribution in [2.24, 2.45) is 0 Å². The van der Waals surface area contributed by atoms with Crippen molar-refractivity contribution in [2.45, 2.75) is 33.9 Å². The van der Waals surface area contributed by atoms with Crippen LogP contribution in [0.15, 0.2) is 24.5 Å². The van der Waals surface area contributed by atoms with Crippen molar-refractivity contribution in [2.75, 3.05) is 0 Å². The number of rotatable bonds is 5. The first kappa shape index (κ1) is 13.3. The average Bonchev–Trinajstić information content (AvgIpc) is 2.85. The zero-order valence-corrected chi connectivity index (χ0v) is 11.5. The summed E-state index contributed by atoms with van der Waals surface area (Å²) < 4.78 is 7.90. The number of nitrogens with zero attached hydrogens (tertiary/aromatic N) is 2. The molecular weight excluding hydrogens is 240 g/mol. The molecule has 0 radical (unpaired) electrons. The number of aldehydes is 1. The number of aryl methyl sites for hydroxylation is 3. The minimum absolute atomic E-state index is 0.433. The molecule has 0 saturated carbocycles. The van der Waals surface area contributed by atoms with E-state index in [-0.39, 0.29) is 0 Å². The first-order chi connectivity index (χ1) is 9.15. The highest BCUT2D eigenvalue weighted by Crippen LogP contribution is 2.25. The van der Waals surface area contributed by atoms with E-state index < -0.39 is 0 Å². The number of hydrogen-bond donors (Lipinski definition) is 0. The minimum atomic E-state index is 0.433. The fourth-order valence-corrected chi connectivity index (χ4v) is 2.18. The van der Waals surface area contributed by atoms with Crippen molar-refractivity contribution < 1.29 is 9.53 Å². The number of imidazole rings is 1. The summed E-state index contributed by atoms with van der Waals surface area (Å²) in [6.07, 6.45) is 4.57. The topological polar surface area (TPSA) is 44.1 Å². The molecule has 4 heteroatoms. The minimum Gasteiger partial charge on any atom is -0.485 e. The number of hydrogen-bond acceptors (Lipinski definition) is 3. The fraction of sp³-hybridized carbons (Fsp3) is 0.333. The Kier molecular flexibility index (Phi) is 4.00. The summed E-state index contributed by atoms with van der Waals surface area (Å²) in [5, 5.41) is 0. The second kappa shape index (κ2) is 5.69. The maximum absolute atomic E-state index is 10.8. The number of benzene rings is 1. The second-order valence-corrected chi connectivity index (χ2v) is 4.52. The van der Waals surface area contributed by atoms with Crippen molar-refractivity contribution in [1.29, 1.82) is 0 Å². The molecule has 0 aliphatic carbocycles. The van der Waals surface area contributed by atoms with E-state index in [1.165, 1.54) is 0 Å². The van der Waals surface area contributed by atoms with E-state index in [4.69, 9.17) is 4.74 Å². The van der Waals surface area contributed by atoms with Crippen LogP contribution in [-0.4, -0.2) is 15.8 Å². The van der Waals surface area contributed by atoms with Gasteiger partial charge < -0.3 is 9.30 Å². The number of carbonyl (C=O) groups excluding carboxylic acids is 1. The Morgan fingerprint density at radius 3 is 2.58 bits per heavy atom. The quantitative estimate of drug-likeness (QED) is 0.774. The van der Waals surface area contributed by atoms with Crippen molar-refractivity contribution in [3.05, 3.63) is 47.0 Å². The number of ether oxygens (including phenoxy) is 1. The predicted octanol–water partition coefficient (Wildman–Crippen LogP) is 2.91. The molecule has 0 unspecified atom stereocenters. The Morgan fingerprint density at radius 1 is 1.32 bits per heavy atom. The highest BCUT2D eigenvalue weighted by molar-refractivity contribution is 5.76. The van der Waals surface area contributed by atoms with Gasteiger partial charge in [0.25, 0.3) is 0 Å². The molecule has 4 nitrogen and oxygen atoms in total.